The normalized spacial score (nSPS) is 22.7. The van der Waals surface area contributed by atoms with E-state index in [1.807, 2.05) is 18.2 Å². The number of hydrogen-bond donors (Lipinski definition) is 2. The van der Waals surface area contributed by atoms with Gasteiger partial charge in [-0.1, -0.05) is 17.7 Å². The van der Waals surface area contributed by atoms with Crippen LogP contribution >= 0.6 is 11.6 Å². The van der Waals surface area contributed by atoms with Crippen molar-refractivity contribution in [3.05, 3.63) is 35.9 Å². The number of aromatic nitrogens is 3. The van der Waals surface area contributed by atoms with E-state index in [1.165, 1.54) is 6.33 Å². The highest BCUT2D eigenvalue weighted by molar-refractivity contribution is 6.33. The van der Waals surface area contributed by atoms with Crippen molar-refractivity contribution in [2.75, 3.05) is 5.32 Å². The maximum Gasteiger partial charge on any atom is 0.138 e. The van der Waals surface area contributed by atoms with Crippen LogP contribution in [0.4, 0.5) is 5.69 Å². The third-order valence-corrected chi connectivity index (χ3v) is 4.07. The lowest BCUT2D eigenvalue weighted by molar-refractivity contribution is 0.411. The van der Waals surface area contributed by atoms with Gasteiger partial charge in [-0.25, -0.2) is 9.67 Å². The molecule has 0 bridgehead atoms. The van der Waals surface area contributed by atoms with E-state index in [2.05, 4.69) is 15.4 Å². The van der Waals surface area contributed by atoms with Crippen LogP contribution in [0.1, 0.15) is 25.7 Å². The van der Waals surface area contributed by atoms with Gasteiger partial charge in [0, 0.05) is 12.1 Å². The lowest BCUT2D eigenvalue weighted by Crippen LogP contribution is -2.33. The number of nitrogens with one attached hydrogen (secondary N) is 1. The third kappa shape index (κ3) is 2.78. The van der Waals surface area contributed by atoms with Crippen LogP contribution in [0.2, 0.25) is 5.02 Å². The monoisotopic (exact) mass is 291 g/mol. The molecular weight excluding hydrogens is 274 g/mol. The van der Waals surface area contributed by atoms with Crippen LogP contribution in [0.5, 0.6) is 0 Å². The smallest absolute Gasteiger partial charge is 0.138 e. The van der Waals surface area contributed by atoms with E-state index >= 15 is 0 Å². The van der Waals surface area contributed by atoms with Crippen molar-refractivity contribution >= 4 is 17.3 Å². The molecule has 3 rings (SSSR count). The topological polar surface area (TPSA) is 68.8 Å². The zero-order chi connectivity index (χ0) is 13.9. The van der Waals surface area contributed by atoms with Crippen LogP contribution in [0.15, 0.2) is 30.9 Å². The number of benzene rings is 1. The van der Waals surface area contributed by atoms with Gasteiger partial charge in [0.05, 0.1) is 10.7 Å². The van der Waals surface area contributed by atoms with Crippen molar-refractivity contribution in [1.29, 1.82) is 0 Å². The molecule has 0 radical (unpaired) electrons. The van der Waals surface area contributed by atoms with Gasteiger partial charge in [-0.05, 0) is 37.8 Å². The molecule has 0 atom stereocenters. The summed E-state index contributed by atoms with van der Waals surface area (Å²) in [4.78, 5) is 3.99. The highest BCUT2D eigenvalue weighted by atomic mass is 35.5. The fourth-order valence-corrected chi connectivity index (χ4v) is 2.93. The van der Waals surface area contributed by atoms with Crippen molar-refractivity contribution in [2.24, 2.45) is 5.73 Å². The minimum Gasteiger partial charge on any atom is -0.381 e. The van der Waals surface area contributed by atoms with Gasteiger partial charge in [-0.15, -0.1) is 0 Å². The van der Waals surface area contributed by atoms with E-state index in [0.717, 1.165) is 37.1 Å². The maximum atomic E-state index is 6.31. The molecule has 0 unspecified atom stereocenters. The third-order valence-electron chi connectivity index (χ3n) is 3.77. The second-order valence-electron chi connectivity index (χ2n) is 5.23. The van der Waals surface area contributed by atoms with Gasteiger partial charge in [-0.3, -0.25) is 0 Å². The standard InChI is InChI=1S/C14H18ClN5/c15-12-2-1-3-13(14(12)20-9-17-8-18-20)19-11-6-4-10(16)5-7-11/h1-3,8-11,19H,4-7,16H2. The first-order valence-electron chi connectivity index (χ1n) is 6.89. The second kappa shape index (κ2) is 5.81. The predicted octanol–water partition coefficient (Wildman–Crippen LogP) is 2.60. The van der Waals surface area contributed by atoms with Gasteiger partial charge in [0.1, 0.15) is 18.3 Å². The Hall–Kier alpha value is -1.59. The summed E-state index contributed by atoms with van der Waals surface area (Å²) < 4.78 is 1.69. The van der Waals surface area contributed by atoms with Crippen molar-refractivity contribution in [2.45, 2.75) is 37.8 Å². The first-order chi connectivity index (χ1) is 9.74. The summed E-state index contributed by atoms with van der Waals surface area (Å²) in [7, 11) is 0. The Kier molecular flexibility index (Phi) is 3.89. The van der Waals surface area contributed by atoms with Gasteiger partial charge in [0.15, 0.2) is 0 Å². The molecule has 0 saturated heterocycles. The SMILES string of the molecule is NC1CCC(Nc2cccc(Cl)c2-n2cncn2)CC1. The number of anilines is 1. The number of rotatable bonds is 3. The van der Waals surface area contributed by atoms with Crippen molar-refractivity contribution in [1.82, 2.24) is 14.8 Å². The molecule has 6 heteroatoms. The lowest BCUT2D eigenvalue weighted by atomic mass is 9.91. The second-order valence-corrected chi connectivity index (χ2v) is 5.64. The molecule has 0 aliphatic heterocycles. The molecule has 1 heterocycles. The number of halogens is 1. The highest BCUT2D eigenvalue weighted by Crippen LogP contribution is 2.30. The van der Waals surface area contributed by atoms with Crippen LogP contribution in [-0.2, 0) is 0 Å². The summed E-state index contributed by atoms with van der Waals surface area (Å²) >= 11 is 6.31. The minimum atomic E-state index is 0.349. The van der Waals surface area contributed by atoms with E-state index < -0.39 is 0 Å². The fourth-order valence-electron chi connectivity index (χ4n) is 2.67. The van der Waals surface area contributed by atoms with Crippen LogP contribution in [0.25, 0.3) is 5.69 Å². The fraction of sp³-hybridized carbons (Fsp3) is 0.429. The van der Waals surface area contributed by atoms with Crippen LogP contribution in [0, 0.1) is 0 Å². The van der Waals surface area contributed by atoms with Crippen molar-refractivity contribution in [3.8, 4) is 5.69 Å². The van der Waals surface area contributed by atoms with E-state index in [-0.39, 0.29) is 0 Å². The summed E-state index contributed by atoms with van der Waals surface area (Å²) in [5.74, 6) is 0. The Balaban J connectivity index is 1.85. The molecule has 1 aromatic heterocycles. The van der Waals surface area contributed by atoms with Gasteiger partial charge < -0.3 is 11.1 Å². The summed E-state index contributed by atoms with van der Waals surface area (Å²) in [5.41, 5.74) is 7.79. The molecule has 3 N–H and O–H groups in total. The summed E-state index contributed by atoms with van der Waals surface area (Å²) in [6, 6.07) is 6.62. The van der Waals surface area contributed by atoms with E-state index in [9.17, 15) is 0 Å². The molecule has 0 amide bonds. The van der Waals surface area contributed by atoms with Crippen molar-refractivity contribution in [3.63, 3.8) is 0 Å². The zero-order valence-electron chi connectivity index (χ0n) is 11.2. The van der Waals surface area contributed by atoms with Gasteiger partial charge in [0.2, 0.25) is 0 Å². The first-order valence-corrected chi connectivity index (χ1v) is 7.27. The van der Waals surface area contributed by atoms with Gasteiger partial charge >= 0.3 is 0 Å². The van der Waals surface area contributed by atoms with E-state index in [1.54, 1.807) is 11.0 Å². The van der Waals surface area contributed by atoms with E-state index in [4.69, 9.17) is 17.3 Å². The molecule has 106 valence electrons. The van der Waals surface area contributed by atoms with Crippen LogP contribution in [0.3, 0.4) is 0 Å². The van der Waals surface area contributed by atoms with Crippen LogP contribution < -0.4 is 11.1 Å². The Bertz CT molecular complexity index is 561. The molecule has 1 aliphatic rings. The summed E-state index contributed by atoms with van der Waals surface area (Å²) in [6.07, 6.45) is 7.47. The zero-order valence-corrected chi connectivity index (χ0v) is 11.9. The maximum absolute atomic E-state index is 6.31. The summed E-state index contributed by atoms with van der Waals surface area (Å²) in [6.45, 7) is 0. The number of para-hydroxylation sites is 1. The quantitative estimate of drug-likeness (QED) is 0.912. The number of nitrogens with two attached hydrogens (primary N) is 1. The predicted molar refractivity (Wildman–Crippen MR) is 80.2 cm³/mol. The molecule has 1 fully saturated rings. The molecule has 2 aromatic rings. The number of nitrogens with zero attached hydrogens (tertiary/aromatic N) is 3. The van der Waals surface area contributed by atoms with Crippen molar-refractivity contribution < 1.29 is 0 Å². The Morgan fingerprint density at radius 1 is 1.25 bits per heavy atom. The average molecular weight is 292 g/mol. The van der Waals surface area contributed by atoms with Crippen LogP contribution in [-0.4, -0.2) is 26.8 Å². The first kappa shape index (κ1) is 13.4. The lowest BCUT2D eigenvalue weighted by Gasteiger charge is -2.28. The molecule has 0 spiro atoms. The average Bonchev–Trinajstić information content (AvgIpc) is 2.95. The molecule has 1 aromatic carbocycles. The Labute approximate surface area is 123 Å². The molecule has 1 aliphatic carbocycles. The number of hydrogen-bond acceptors (Lipinski definition) is 4. The van der Waals surface area contributed by atoms with Gasteiger partial charge in [0.25, 0.3) is 0 Å². The Morgan fingerprint density at radius 3 is 2.75 bits per heavy atom. The molecule has 5 nitrogen and oxygen atoms in total. The van der Waals surface area contributed by atoms with E-state index in [0.29, 0.717) is 17.1 Å². The molecule has 20 heavy (non-hydrogen) atoms. The minimum absolute atomic E-state index is 0.349. The highest BCUT2D eigenvalue weighted by Gasteiger charge is 2.20. The van der Waals surface area contributed by atoms with Gasteiger partial charge in [-0.2, -0.15) is 5.10 Å². The molecule has 1 saturated carbocycles. The largest absolute Gasteiger partial charge is 0.381 e. The summed E-state index contributed by atoms with van der Waals surface area (Å²) in [5, 5.41) is 8.40. The molecular formula is C14H18ClN5. The Morgan fingerprint density at radius 2 is 2.05 bits per heavy atom.